The van der Waals surface area contributed by atoms with Crippen molar-refractivity contribution in [2.24, 2.45) is 0 Å². The summed E-state index contributed by atoms with van der Waals surface area (Å²) >= 11 is 0. The van der Waals surface area contributed by atoms with E-state index in [9.17, 15) is 4.39 Å². The summed E-state index contributed by atoms with van der Waals surface area (Å²) in [5.74, 6) is 0.182. The van der Waals surface area contributed by atoms with Crippen molar-refractivity contribution < 1.29 is 9.13 Å². The van der Waals surface area contributed by atoms with E-state index in [4.69, 9.17) is 15.3 Å². The van der Waals surface area contributed by atoms with E-state index >= 15 is 0 Å². The monoisotopic (exact) mass is 238 g/mol. The van der Waals surface area contributed by atoms with Gasteiger partial charge < -0.3 is 4.74 Å². The van der Waals surface area contributed by atoms with Crippen LogP contribution in [0.4, 0.5) is 4.39 Å². The molecule has 0 saturated carbocycles. The molecule has 4 heteroatoms. The smallest absolute Gasteiger partial charge is 0.162 e. The van der Waals surface area contributed by atoms with Crippen LogP contribution in [-0.2, 0) is 0 Å². The molecule has 0 radical (unpaired) electrons. The fourth-order valence-electron chi connectivity index (χ4n) is 1.44. The van der Waals surface area contributed by atoms with Crippen LogP contribution in [0.5, 0.6) is 11.5 Å². The van der Waals surface area contributed by atoms with Gasteiger partial charge in [-0.15, -0.1) is 0 Å². The summed E-state index contributed by atoms with van der Waals surface area (Å²) in [6, 6.07) is 14.0. The van der Waals surface area contributed by atoms with Crippen LogP contribution >= 0.6 is 0 Å². The molecule has 0 fully saturated rings. The zero-order chi connectivity index (χ0) is 13.0. The Labute approximate surface area is 103 Å². The predicted molar refractivity (Wildman–Crippen MR) is 62.3 cm³/mol. The van der Waals surface area contributed by atoms with Crippen molar-refractivity contribution in [2.75, 3.05) is 0 Å². The number of nitriles is 2. The van der Waals surface area contributed by atoms with Gasteiger partial charge in [0, 0.05) is 0 Å². The first-order valence-corrected chi connectivity index (χ1v) is 5.11. The summed E-state index contributed by atoms with van der Waals surface area (Å²) < 4.78 is 18.2. The number of hydrogen-bond acceptors (Lipinski definition) is 3. The SMILES string of the molecule is N#Cc1cccc(C#N)c1Oc1ccc(F)cc1. The molecule has 86 valence electrons. The average Bonchev–Trinajstić information content (AvgIpc) is 2.41. The fraction of sp³-hybridized carbons (Fsp3) is 0. The molecular weight excluding hydrogens is 231 g/mol. The summed E-state index contributed by atoms with van der Waals surface area (Å²) in [6.07, 6.45) is 0. The van der Waals surface area contributed by atoms with E-state index in [0.717, 1.165) is 0 Å². The summed E-state index contributed by atoms with van der Waals surface area (Å²) in [6.45, 7) is 0. The number of para-hydroxylation sites is 1. The minimum atomic E-state index is -0.378. The Morgan fingerprint density at radius 3 is 1.94 bits per heavy atom. The molecule has 0 saturated heterocycles. The maximum absolute atomic E-state index is 12.8. The third-order valence-electron chi connectivity index (χ3n) is 2.29. The molecule has 0 amide bonds. The van der Waals surface area contributed by atoms with Gasteiger partial charge in [-0.1, -0.05) is 6.07 Å². The van der Waals surface area contributed by atoms with E-state index in [1.165, 1.54) is 24.3 Å². The zero-order valence-electron chi connectivity index (χ0n) is 9.22. The highest BCUT2D eigenvalue weighted by molar-refractivity contribution is 5.55. The summed E-state index contributed by atoms with van der Waals surface area (Å²) in [7, 11) is 0. The molecule has 0 aliphatic heterocycles. The van der Waals surface area contributed by atoms with Crippen LogP contribution < -0.4 is 4.74 Å². The van der Waals surface area contributed by atoms with Crippen molar-refractivity contribution >= 4 is 0 Å². The molecule has 0 spiro atoms. The van der Waals surface area contributed by atoms with Gasteiger partial charge in [-0.2, -0.15) is 10.5 Å². The molecular formula is C14H7FN2O. The minimum absolute atomic E-state index is 0.189. The predicted octanol–water partition coefficient (Wildman–Crippen LogP) is 3.36. The van der Waals surface area contributed by atoms with Gasteiger partial charge in [0.2, 0.25) is 0 Å². The molecule has 2 rings (SSSR count). The third kappa shape index (κ3) is 2.28. The maximum atomic E-state index is 12.8. The first-order valence-electron chi connectivity index (χ1n) is 5.11. The van der Waals surface area contributed by atoms with Crippen LogP contribution in [0, 0.1) is 28.5 Å². The van der Waals surface area contributed by atoms with Gasteiger partial charge in [-0.05, 0) is 36.4 Å². The molecule has 2 aromatic rings. The highest BCUT2D eigenvalue weighted by Crippen LogP contribution is 2.28. The van der Waals surface area contributed by atoms with Gasteiger partial charge in [-0.25, -0.2) is 4.39 Å². The Bertz CT molecular complexity index is 619. The second-order valence-electron chi connectivity index (χ2n) is 3.46. The highest BCUT2D eigenvalue weighted by atomic mass is 19.1. The van der Waals surface area contributed by atoms with E-state index < -0.39 is 0 Å². The Morgan fingerprint density at radius 2 is 1.44 bits per heavy atom. The van der Waals surface area contributed by atoms with Crippen molar-refractivity contribution in [3.63, 3.8) is 0 Å². The van der Waals surface area contributed by atoms with E-state index in [2.05, 4.69) is 0 Å². The topological polar surface area (TPSA) is 56.8 Å². The maximum Gasteiger partial charge on any atom is 0.162 e. The van der Waals surface area contributed by atoms with Crippen molar-refractivity contribution in [2.45, 2.75) is 0 Å². The standard InChI is InChI=1S/C14H7FN2O/c15-12-4-6-13(7-5-12)18-14-10(8-16)2-1-3-11(14)9-17/h1-7H. The van der Waals surface area contributed by atoms with Crippen LogP contribution in [-0.4, -0.2) is 0 Å². The van der Waals surface area contributed by atoms with Gasteiger partial charge in [0.25, 0.3) is 0 Å². The van der Waals surface area contributed by atoms with Crippen LogP contribution in [0.2, 0.25) is 0 Å². The number of ether oxygens (including phenoxy) is 1. The van der Waals surface area contributed by atoms with E-state index in [1.54, 1.807) is 18.2 Å². The molecule has 0 aromatic heterocycles. The minimum Gasteiger partial charge on any atom is -0.455 e. The van der Waals surface area contributed by atoms with Gasteiger partial charge in [0.1, 0.15) is 23.7 Å². The number of rotatable bonds is 2. The van der Waals surface area contributed by atoms with Gasteiger partial charge >= 0.3 is 0 Å². The van der Waals surface area contributed by atoms with Gasteiger partial charge in [-0.3, -0.25) is 0 Å². The van der Waals surface area contributed by atoms with Crippen molar-refractivity contribution in [3.05, 3.63) is 59.4 Å². The molecule has 0 bridgehead atoms. The molecule has 0 unspecified atom stereocenters. The molecule has 0 aliphatic carbocycles. The third-order valence-corrected chi connectivity index (χ3v) is 2.29. The zero-order valence-corrected chi connectivity index (χ0v) is 9.22. The molecule has 0 N–H and O–H groups in total. The summed E-state index contributed by atoms with van der Waals surface area (Å²) in [5.41, 5.74) is 0.525. The Hall–Kier alpha value is -2.85. The Morgan fingerprint density at radius 1 is 0.889 bits per heavy atom. The number of benzene rings is 2. The molecule has 0 heterocycles. The largest absolute Gasteiger partial charge is 0.455 e. The molecule has 2 aromatic carbocycles. The van der Waals surface area contributed by atoms with Gasteiger partial charge in [0.15, 0.2) is 5.75 Å². The van der Waals surface area contributed by atoms with Gasteiger partial charge in [0.05, 0.1) is 11.1 Å². The van der Waals surface area contributed by atoms with E-state index in [1.807, 2.05) is 12.1 Å². The van der Waals surface area contributed by atoms with Crippen LogP contribution in [0.1, 0.15) is 11.1 Å². The average molecular weight is 238 g/mol. The lowest BCUT2D eigenvalue weighted by atomic mass is 10.1. The first-order chi connectivity index (χ1) is 8.74. The Kier molecular flexibility index (Phi) is 3.22. The molecule has 0 atom stereocenters. The number of nitrogens with zero attached hydrogens (tertiary/aromatic N) is 2. The normalized spacial score (nSPS) is 9.28. The summed E-state index contributed by atoms with van der Waals surface area (Å²) in [4.78, 5) is 0. The number of halogens is 1. The first kappa shape index (κ1) is 11.6. The van der Waals surface area contributed by atoms with Crippen LogP contribution in [0.3, 0.4) is 0 Å². The highest BCUT2D eigenvalue weighted by Gasteiger charge is 2.10. The van der Waals surface area contributed by atoms with E-state index in [0.29, 0.717) is 5.75 Å². The van der Waals surface area contributed by atoms with Crippen molar-refractivity contribution in [3.8, 4) is 23.6 Å². The van der Waals surface area contributed by atoms with Crippen molar-refractivity contribution in [1.29, 1.82) is 10.5 Å². The summed E-state index contributed by atoms with van der Waals surface area (Å²) in [5, 5.41) is 17.9. The van der Waals surface area contributed by atoms with Crippen LogP contribution in [0.25, 0.3) is 0 Å². The van der Waals surface area contributed by atoms with Crippen LogP contribution in [0.15, 0.2) is 42.5 Å². The second kappa shape index (κ2) is 4.99. The molecule has 18 heavy (non-hydrogen) atoms. The fourth-order valence-corrected chi connectivity index (χ4v) is 1.44. The molecule has 0 aliphatic rings. The lowest BCUT2D eigenvalue weighted by Gasteiger charge is -2.08. The Balaban J connectivity index is 2.43. The second-order valence-corrected chi connectivity index (χ2v) is 3.46. The quantitative estimate of drug-likeness (QED) is 0.805. The lowest BCUT2D eigenvalue weighted by molar-refractivity contribution is 0.477. The molecule has 3 nitrogen and oxygen atoms in total. The number of hydrogen-bond donors (Lipinski definition) is 0. The van der Waals surface area contributed by atoms with E-state index in [-0.39, 0.29) is 22.7 Å². The lowest BCUT2D eigenvalue weighted by Crippen LogP contribution is -1.92. The van der Waals surface area contributed by atoms with Crippen molar-refractivity contribution in [1.82, 2.24) is 0 Å².